The van der Waals surface area contributed by atoms with Crippen molar-refractivity contribution in [1.29, 1.82) is 0 Å². The molecule has 1 atom stereocenters. The van der Waals surface area contributed by atoms with Crippen LogP contribution in [-0.2, 0) is 17.8 Å². The fourth-order valence-electron chi connectivity index (χ4n) is 3.80. The molecule has 0 radical (unpaired) electrons. The molecule has 5 nitrogen and oxygen atoms in total. The molecule has 1 N–H and O–H groups in total. The molecule has 0 aliphatic heterocycles. The highest BCUT2D eigenvalue weighted by atomic mass is 32.2. The largest absolute Gasteiger partial charge is 0.353 e. The van der Waals surface area contributed by atoms with Gasteiger partial charge in [0.2, 0.25) is 5.91 Å². The number of carbonyl (C=O) groups is 1. The summed E-state index contributed by atoms with van der Waals surface area (Å²) in [4.78, 5) is 30.6. The molecule has 0 spiro atoms. The lowest BCUT2D eigenvalue weighted by Crippen LogP contribution is -2.34. The van der Waals surface area contributed by atoms with E-state index in [0.29, 0.717) is 21.9 Å². The lowest BCUT2D eigenvalue weighted by molar-refractivity contribution is -0.119. The van der Waals surface area contributed by atoms with E-state index in [0.717, 1.165) is 18.4 Å². The molecular formula is C27H29N3O2S2. The van der Waals surface area contributed by atoms with Gasteiger partial charge >= 0.3 is 0 Å². The van der Waals surface area contributed by atoms with Crippen molar-refractivity contribution < 1.29 is 4.79 Å². The van der Waals surface area contributed by atoms with Gasteiger partial charge in [0.25, 0.3) is 5.56 Å². The van der Waals surface area contributed by atoms with Crippen LogP contribution < -0.4 is 10.9 Å². The molecule has 2 heterocycles. The van der Waals surface area contributed by atoms with E-state index in [1.165, 1.54) is 39.8 Å². The number of hydrogen-bond donors (Lipinski definition) is 1. The number of amides is 1. The average molecular weight is 492 g/mol. The van der Waals surface area contributed by atoms with Crippen molar-refractivity contribution in [2.75, 3.05) is 5.75 Å². The molecule has 0 saturated heterocycles. The highest BCUT2D eigenvalue weighted by Gasteiger charge is 2.16. The van der Waals surface area contributed by atoms with Crippen LogP contribution in [0.2, 0.25) is 0 Å². The molecule has 0 fully saturated rings. The van der Waals surface area contributed by atoms with E-state index < -0.39 is 0 Å². The third-order valence-corrected chi connectivity index (χ3v) is 7.76. The van der Waals surface area contributed by atoms with Crippen molar-refractivity contribution in [1.82, 2.24) is 14.9 Å². The number of rotatable bonds is 9. The Kier molecular flexibility index (Phi) is 7.85. The molecule has 4 aromatic rings. The van der Waals surface area contributed by atoms with E-state index in [9.17, 15) is 9.59 Å². The number of nitrogens with zero attached hydrogens (tertiary/aromatic N) is 2. The number of thiophene rings is 1. The predicted octanol–water partition coefficient (Wildman–Crippen LogP) is 5.35. The van der Waals surface area contributed by atoms with Crippen LogP contribution in [0.3, 0.4) is 0 Å². The maximum atomic E-state index is 13.2. The van der Waals surface area contributed by atoms with Crippen molar-refractivity contribution in [3.63, 3.8) is 0 Å². The second kappa shape index (κ2) is 11.0. The first-order valence-electron chi connectivity index (χ1n) is 11.4. The van der Waals surface area contributed by atoms with Gasteiger partial charge in [0.1, 0.15) is 4.70 Å². The van der Waals surface area contributed by atoms with Gasteiger partial charge in [-0.25, -0.2) is 4.98 Å². The fraction of sp³-hybridized carbons (Fsp3) is 0.296. The molecule has 1 amide bonds. The van der Waals surface area contributed by atoms with Crippen LogP contribution in [0.25, 0.3) is 10.2 Å². The minimum Gasteiger partial charge on any atom is -0.353 e. The fourth-order valence-corrected chi connectivity index (χ4v) is 5.39. The van der Waals surface area contributed by atoms with E-state index in [-0.39, 0.29) is 23.3 Å². The maximum absolute atomic E-state index is 13.2. The van der Waals surface area contributed by atoms with Gasteiger partial charge in [-0.3, -0.25) is 14.2 Å². The smallest absolute Gasteiger partial charge is 0.272 e. The monoisotopic (exact) mass is 491 g/mol. The summed E-state index contributed by atoms with van der Waals surface area (Å²) in [7, 11) is 0. The zero-order valence-corrected chi connectivity index (χ0v) is 21.3. The maximum Gasteiger partial charge on any atom is 0.272 e. The van der Waals surface area contributed by atoms with Gasteiger partial charge in [0, 0.05) is 6.04 Å². The highest BCUT2D eigenvalue weighted by molar-refractivity contribution is 7.99. The number of aromatic nitrogens is 2. The summed E-state index contributed by atoms with van der Waals surface area (Å²) >= 11 is 2.72. The van der Waals surface area contributed by atoms with Crippen LogP contribution in [0, 0.1) is 13.8 Å². The molecule has 2 aromatic heterocycles. The second-order valence-corrected chi connectivity index (χ2v) is 10.5. The average Bonchev–Trinajstić information content (AvgIpc) is 3.30. The number of benzene rings is 2. The quantitative estimate of drug-likeness (QED) is 0.253. The second-order valence-electron chi connectivity index (χ2n) is 8.62. The van der Waals surface area contributed by atoms with Gasteiger partial charge in [-0.15, -0.1) is 11.3 Å². The Bertz CT molecular complexity index is 1350. The molecule has 176 valence electrons. The Hall–Kier alpha value is -2.90. The molecule has 2 aromatic carbocycles. The Labute approximate surface area is 208 Å². The zero-order valence-electron chi connectivity index (χ0n) is 19.7. The first-order valence-corrected chi connectivity index (χ1v) is 13.3. The van der Waals surface area contributed by atoms with Crippen molar-refractivity contribution in [3.05, 3.63) is 92.6 Å². The summed E-state index contributed by atoms with van der Waals surface area (Å²) < 4.78 is 2.34. The van der Waals surface area contributed by atoms with E-state index in [4.69, 9.17) is 4.98 Å². The Morgan fingerprint density at radius 1 is 1.09 bits per heavy atom. The molecule has 0 saturated carbocycles. The third-order valence-electron chi connectivity index (χ3n) is 5.89. The third kappa shape index (κ3) is 5.96. The topological polar surface area (TPSA) is 64.0 Å². The molecule has 0 unspecified atom stereocenters. The van der Waals surface area contributed by atoms with Crippen LogP contribution >= 0.6 is 23.1 Å². The van der Waals surface area contributed by atoms with Crippen LogP contribution in [0.1, 0.15) is 35.6 Å². The summed E-state index contributed by atoms with van der Waals surface area (Å²) in [6, 6.07) is 18.4. The Morgan fingerprint density at radius 3 is 2.65 bits per heavy atom. The molecular weight excluding hydrogens is 462 g/mol. The summed E-state index contributed by atoms with van der Waals surface area (Å²) in [6.45, 7) is 6.60. The van der Waals surface area contributed by atoms with E-state index in [1.807, 2.05) is 42.6 Å². The van der Waals surface area contributed by atoms with Crippen LogP contribution in [0.5, 0.6) is 0 Å². The lowest BCUT2D eigenvalue weighted by Gasteiger charge is -2.15. The molecule has 0 bridgehead atoms. The van der Waals surface area contributed by atoms with Gasteiger partial charge < -0.3 is 5.32 Å². The molecule has 0 aliphatic carbocycles. The van der Waals surface area contributed by atoms with Crippen molar-refractivity contribution >= 4 is 39.2 Å². The van der Waals surface area contributed by atoms with Crippen molar-refractivity contribution in [3.8, 4) is 0 Å². The standard InChI is InChI=1S/C27H29N3O2S2/c1-18-9-11-22(15-19(18)2)16-30-26(32)25-23(13-14-33-25)29-27(30)34-17-24(31)28-20(3)10-12-21-7-5-4-6-8-21/h4-9,11,13-15,20H,10,12,16-17H2,1-3H3,(H,28,31)/t20-/m0/s1. The van der Waals surface area contributed by atoms with Gasteiger partial charge in [0.05, 0.1) is 17.8 Å². The van der Waals surface area contributed by atoms with Crippen molar-refractivity contribution in [2.45, 2.75) is 51.4 Å². The number of carbonyl (C=O) groups excluding carboxylic acids is 1. The summed E-state index contributed by atoms with van der Waals surface area (Å²) in [5, 5.41) is 5.53. The number of hydrogen-bond acceptors (Lipinski definition) is 5. The Balaban J connectivity index is 1.45. The number of thioether (sulfide) groups is 1. The molecule has 0 aliphatic rings. The lowest BCUT2D eigenvalue weighted by atomic mass is 10.1. The van der Waals surface area contributed by atoms with Crippen LogP contribution in [-0.4, -0.2) is 27.3 Å². The normalized spacial score (nSPS) is 12.1. The van der Waals surface area contributed by atoms with E-state index in [2.05, 4.69) is 43.4 Å². The molecule has 7 heteroatoms. The predicted molar refractivity (Wildman–Crippen MR) is 142 cm³/mol. The minimum absolute atomic E-state index is 0.0528. The van der Waals surface area contributed by atoms with Gasteiger partial charge in [-0.1, -0.05) is 60.3 Å². The van der Waals surface area contributed by atoms with Gasteiger partial charge in [0.15, 0.2) is 5.16 Å². The summed E-state index contributed by atoms with van der Waals surface area (Å²) in [6.07, 6.45) is 1.79. The van der Waals surface area contributed by atoms with E-state index in [1.54, 1.807) is 4.57 Å². The van der Waals surface area contributed by atoms with Gasteiger partial charge in [-0.2, -0.15) is 0 Å². The van der Waals surface area contributed by atoms with Crippen LogP contribution in [0.15, 0.2) is 69.9 Å². The van der Waals surface area contributed by atoms with Crippen molar-refractivity contribution in [2.24, 2.45) is 0 Å². The number of nitrogens with one attached hydrogen (secondary N) is 1. The van der Waals surface area contributed by atoms with Crippen LogP contribution in [0.4, 0.5) is 0 Å². The molecule has 4 rings (SSSR count). The first kappa shape index (κ1) is 24.2. The first-order chi connectivity index (χ1) is 16.4. The molecule has 34 heavy (non-hydrogen) atoms. The zero-order chi connectivity index (χ0) is 24.1. The van der Waals surface area contributed by atoms with E-state index >= 15 is 0 Å². The summed E-state index contributed by atoms with van der Waals surface area (Å²) in [5.74, 6) is 0.160. The number of aryl methyl sites for hydroxylation is 3. The highest BCUT2D eigenvalue weighted by Crippen LogP contribution is 2.22. The Morgan fingerprint density at radius 2 is 1.88 bits per heavy atom. The minimum atomic E-state index is -0.0580. The SMILES string of the molecule is Cc1ccc(Cn2c(SCC(=O)N[C@@H](C)CCc3ccccc3)nc3ccsc3c2=O)cc1C. The number of fused-ring (bicyclic) bond motifs is 1. The summed E-state index contributed by atoms with van der Waals surface area (Å²) in [5.41, 5.74) is 5.34. The van der Waals surface area contributed by atoms with Gasteiger partial charge in [-0.05, 0) is 67.3 Å².